The minimum Gasteiger partial charge on any atom is -0.392 e. The van der Waals surface area contributed by atoms with Crippen molar-refractivity contribution in [3.8, 4) is 0 Å². The number of hydrogen-bond donors (Lipinski definition) is 1. The molecular formula is C15H22O3. The zero-order valence-corrected chi connectivity index (χ0v) is 11.3. The molecule has 0 spiro atoms. The molecule has 0 saturated carbocycles. The van der Waals surface area contributed by atoms with Crippen LogP contribution in [-0.2, 0) is 9.47 Å². The number of aliphatic hydroxyl groups excluding tert-OH is 1. The van der Waals surface area contributed by atoms with Crippen molar-refractivity contribution >= 4 is 0 Å². The van der Waals surface area contributed by atoms with E-state index in [-0.39, 0.29) is 12.0 Å². The highest BCUT2D eigenvalue weighted by Crippen LogP contribution is 2.35. The summed E-state index contributed by atoms with van der Waals surface area (Å²) in [4.78, 5) is 0. The van der Waals surface area contributed by atoms with Gasteiger partial charge in [-0.05, 0) is 25.8 Å². The summed E-state index contributed by atoms with van der Waals surface area (Å²) in [5, 5.41) is 10.3. The zero-order chi connectivity index (χ0) is 13.2. The predicted octanol–water partition coefficient (Wildman–Crippen LogP) is 2.69. The van der Waals surface area contributed by atoms with Gasteiger partial charge in [0.1, 0.15) is 0 Å². The Morgan fingerprint density at radius 2 is 2.00 bits per heavy atom. The first-order valence-corrected chi connectivity index (χ1v) is 6.58. The lowest BCUT2D eigenvalue weighted by Crippen LogP contribution is -2.32. The quantitative estimate of drug-likeness (QED) is 0.893. The average molecular weight is 250 g/mol. The molecule has 3 nitrogen and oxygen atoms in total. The van der Waals surface area contributed by atoms with Crippen LogP contribution >= 0.6 is 0 Å². The predicted molar refractivity (Wildman–Crippen MR) is 70.4 cm³/mol. The Labute approximate surface area is 109 Å². The third kappa shape index (κ3) is 2.91. The molecule has 0 radical (unpaired) electrons. The molecule has 1 aromatic rings. The molecular weight excluding hydrogens is 228 g/mol. The molecule has 1 fully saturated rings. The van der Waals surface area contributed by atoms with Crippen molar-refractivity contribution in [3.63, 3.8) is 0 Å². The maximum absolute atomic E-state index is 10.3. The monoisotopic (exact) mass is 250 g/mol. The van der Waals surface area contributed by atoms with Gasteiger partial charge in [0, 0.05) is 5.92 Å². The number of ether oxygens (including phenoxy) is 2. The fourth-order valence-corrected chi connectivity index (χ4v) is 2.51. The summed E-state index contributed by atoms with van der Waals surface area (Å²) < 4.78 is 11.5. The normalized spacial score (nSPS) is 25.9. The molecule has 0 amide bonds. The molecule has 3 heteroatoms. The van der Waals surface area contributed by atoms with E-state index in [4.69, 9.17) is 9.47 Å². The van der Waals surface area contributed by atoms with E-state index in [1.807, 2.05) is 51.1 Å². The molecule has 1 aromatic carbocycles. The smallest absolute Gasteiger partial charge is 0.163 e. The van der Waals surface area contributed by atoms with E-state index in [0.29, 0.717) is 13.0 Å². The van der Waals surface area contributed by atoms with Crippen LogP contribution < -0.4 is 0 Å². The maximum atomic E-state index is 10.3. The van der Waals surface area contributed by atoms with E-state index in [1.54, 1.807) is 0 Å². The van der Waals surface area contributed by atoms with Gasteiger partial charge in [-0.25, -0.2) is 0 Å². The Hall–Kier alpha value is -0.900. The Bertz CT molecular complexity index is 375. The van der Waals surface area contributed by atoms with Crippen molar-refractivity contribution in [2.24, 2.45) is 0 Å². The van der Waals surface area contributed by atoms with Crippen molar-refractivity contribution in [3.05, 3.63) is 35.9 Å². The van der Waals surface area contributed by atoms with Gasteiger partial charge in [-0.2, -0.15) is 0 Å². The Kier molecular flexibility index (Phi) is 4.05. The van der Waals surface area contributed by atoms with E-state index in [1.165, 1.54) is 0 Å². The van der Waals surface area contributed by atoms with Crippen LogP contribution in [0, 0.1) is 0 Å². The standard InChI is InChI=1S/C15H22O3/c1-4-12(16)14(11-8-6-5-7-9-11)13-10-17-15(2,3)18-13/h5-9,12-14,16H,4,10H2,1-3H3/t12-,13-,14-/m1/s1. The molecule has 0 aromatic heterocycles. The maximum Gasteiger partial charge on any atom is 0.163 e. The second-order valence-corrected chi connectivity index (χ2v) is 5.28. The van der Waals surface area contributed by atoms with Gasteiger partial charge in [0.25, 0.3) is 0 Å². The molecule has 1 aliphatic heterocycles. The van der Waals surface area contributed by atoms with Crippen LogP contribution in [-0.4, -0.2) is 29.7 Å². The second kappa shape index (κ2) is 5.39. The first-order valence-electron chi connectivity index (χ1n) is 6.58. The molecule has 0 bridgehead atoms. The lowest BCUT2D eigenvalue weighted by molar-refractivity contribution is -0.144. The summed E-state index contributed by atoms with van der Waals surface area (Å²) in [5.41, 5.74) is 1.11. The highest BCUT2D eigenvalue weighted by molar-refractivity contribution is 5.22. The van der Waals surface area contributed by atoms with Crippen molar-refractivity contribution in [2.45, 2.75) is 51.1 Å². The van der Waals surface area contributed by atoms with Crippen LogP contribution in [0.4, 0.5) is 0 Å². The number of rotatable bonds is 4. The van der Waals surface area contributed by atoms with Crippen LogP contribution in [0.5, 0.6) is 0 Å². The van der Waals surface area contributed by atoms with E-state index < -0.39 is 11.9 Å². The minimum absolute atomic E-state index is 0.0297. The lowest BCUT2D eigenvalue weighted by Gasteiger charge is -2.28. The van der Waals surface area contributed by atoms with Crippen molar-refractivity contribution < 1.29 is 14.6 Å². The summed E-state index contributed by atoms with van der Waals surface area (Å²) in [5.74, 6) is -0.580. The van der Waals surface area contributed by atoms with Gasteiger partial charge in [0.05, 0.1) is 18.8 Å². The van der Waals surface area contributed by atoms with Crippen molar-refractivity contribution in [1.29, 1.82) is 0 Å². The number of aliphatic hydroxyl groups is 1. The van der Waals surface area contributed by atoms with Gasteiger partial charge < -0.3 is 14.6 Å². The largest absolute Gasteiger partial charge is 0.392 e. The highest BCUT2D eigenvalue weighted by atomic mass is 16.7. The molecule has 2 rings (SSSR count). The summed E-state index contributed by atoms with van der Waals surface area (Å²) in [6, 6.07) is 10.0. The molecule has 1 heterocycles. The fraction of sp³-hybridized carbons (Fsp3) is 0.600. The van der Waals surface area contributed by atoms with Gasteiger partial charge in [-0.1, -0.05) is 37.3 Å². The van der Waals surface area contributed by atoms with Gasteiger partial charge in [-0.3, -0.25) is 0 Å². The third-order valence-corrected chi connectivity index (χ3v) is 3.45. The van der Waals surface area contributed by atoms with Gasteiger partial charge >= 0.3 is 0 Å². The summed E-state index contributed by atoms with van der Waals surface area (Å²) >= 11 is 0. The van der Waals surface area contributed by atoms with Crippen molar-refractivity contribution in [1.82, 2.24) is 0 Å². The molecule has 1 N–H and O–H groups in total. The summed E-state index contributed by atoms with van der Waals surface area (Å²) in [6.07, 6.45) is 0.215. The molecule has 1 saturated heterocycles. The van der Waals surface area contributed by atoms with E-state index in [2.05, 4.69) is 0 Å². The first kappa shape index (κ1) is 13.5. The Morgan fingerprint density at radius 1 is 1.33 bits per heavy atom. The van der Waals surface area contributed by atoms with E-state index in [9.17, 15) is 5.11 Å². The van der Waals surface area contributed by atoms with Crippen molar-refractivity contribution in [2.75, 3.05) is 6.61 Å². The Balaban J connectivity index is 2.22. The van der Waals surface area contributed by atoms with Gasteiger partial charge in [0.2, 0.25) is 0 Å². The fourth-order valence-electron chi connectivity index (χ4n) is 2.51. The molecule has 18 heavy (non-hydrogen) atoms. The number of benzene rings is 1. The first-order chi connectivity index (χ1) is 8.53. The van der Waals surface area contributed by atoms with E-state index >= 15 is 0 Å². The SMILES string of the molecule is CC[C@@H](O)[C@@H](c1ccccc1)[C@H]1COC(C)(C)O1. The van der Waals surface area contributed by atoms with E-state index in [0.717, 1.165) is 5.56 Å². The topological polar surface area (TPSA) is 38.7 Å². The minimum atomic E-state index is -0.550. The highest BCUT2D eigenvalue weighted by Gasteiger charge is 2.40. The number of hydrogen-bond acceptors (Lipinski definition) is 3. The van der Waals surface area contributed by atoms with Crippen LogP contribution in [0.25, 0.3) is 0 Å². The van der Waals surface area contributed by atoms with Crippen LogP contribution in [0.2, 0.25) is 0 Å². The van der Waals surface area contributed by atoms with Gasteiger partial charge in [-0.15, -0.1) is 0 Å². The lowest BCUT2D eigenvalue weighted by atomic mass is 9.87. The molecule has 100 valence electrons. The van der Waals surface area contributed by atoms with Crippen LogP contribution in [0.1, 0.15) is 38.7 Å². The molecule has 1 aliphatic rings. The third-order valence-electron chi connectivity index (χ3n) is 3.45. The molecule has 0 unspecified atom stereocenters. The van der Waals surface area contributed by atoms with Crippen LogP contribution in [0.15, 0.2) is 30.3 Å². The second-order valence-electron chi connectivity index (χ2n) is 5.28. The molecule has 0 aliphatic carbocycles. The summed E-state index contributed by atoms with van der Waals surface area (Å²) in [6.45, 7) is 6.34. The Morgan fingerprint density at radius 3 is 2.50 bits per heavy atom. The van der Waals surface area contributed by atoms with Crippen LogP contribution in [0.3, 0.4) is 0 Å². The summed E-state index contributed by atoms with van der Waals surface area (Å²) in [7, 11) is 0. The van der Waals surface area contributed by atoms with Gasteiger partial charge in [0.15, 0.2) is 5.79 Å². The average Bonchev–Trinajstić information content (AvgIpc) is 2.71. The zero-order valence-electron chi connectivity index (χ0n) is 11.3. The molecule has 3 atom stereocenters.